The Bertz CT molecular complexity index is 4150. The number of hydrogen-bond acceptors (Lipinski definition) is 18. The van der Waals surface area contributed by atoms with Crippen LogP contribution in [0.15, 0.2) is 267 Å². The number of anilines is 3. The van der Waals surface area contributed by atoms with Gasteiger partial charge >= 0.3 is 0 Å². The lowest BCUT2D eigenvalue weighted by molar-refractivity contribution is -0.385. The van der Waals surface area contributed by atoms with E-state index in [0.717, 1.165) is 50.8 Å². The first kappa shape index (κ1) is 65.2. The zero-order chi connectivity index (χ0) is 64.5. The summed E-state index contributed by atoms with van der Waals surface area (Å²) in [5.74, 6) is -0.953. The molecule has 0 spiro atoms. The lowest BCUT2D eigenvalue weighted by Crippen LogP contribution is -2.07. The number of allylic oxidation sites excluding steroid dienone is 3. The second-order valence-electron chi connectivity index (χ2n) is 20.1. The molecule has 0 saturated carbocycles. The third kappa shape index (κ3) is 20.1. The number of carbonyl (C=O) groups excluding carboxylic acids is 3. The van der Waals surface area contributed by atoms with Crippen LogP contribution in [0.3, 0.4) is 0 Å². The van der Waals surface area contributed by atoms with Crippen LogP contribution in [0.5, 0.6) is 0 Å². The van der Waals surface area contributed by atoms with Gasteiger partial charge < -0.3 is 14.7 Å². The molecule has 0 unspecified atom stereocenters. The molecular weight excluding hydrogens is 1140 g/mol. The second kappa shape index (κ2) is 32.2. The number of para-hydroxylation sites is 1. The highest BCUT2D eigenvalue weighted by Gasteiger charge is 2.17. The Hall–Kier alpha value is -12.4. The molecule has 0 amide bonds. The highest BCUT2D eigenvalue weighted by atomic mass is 16.6. The van der Waals surface area contributed by atoms with Crippen molar-refractivity contribution in [1.82, 2.24) is 0 Å². The molecule has 0 fully saturated rings. The molecule has 21 heteroatoms. The first-order valence-corrected chi connectivity index (χ1v) is 27.6. The third-order valence-electron chi connectivity index (χ3n) is 13.0. The first-order valence-electron chi connectivity index (χ1n) is 27.6. The highest BCUT2D eigenvalue weighted by Crippen LogP contribution is 2.27. The Kier molecular flexibility index (Phi) is 23.3. The molecule has 0 radical (unpaired) electrons. The standard InChI is InChI=1S/3C23H20N4O3/c1-26(2)21-14-10-20(11-15-21)25-24-19-8-3-17(4-9-19)5-16-23(28)18-6-12-22(13-7-18)27(29)30;1-26(2)21-13-11-20(12-14-21)25-24-19-9-6-17(7-10-19)8-15-23(28)18-4-3-5-22(16-18)27(29)30;1-26(2)20-14-12-19(13-15-20)25-24-18-10-7-17(8-11-18)9-16-23(28)21-5-3-4-6-22(21)27(29)30/h3*3-16H,1-2H3/b16-5+,25-24?;15-8+,25-24?;16-9+,25-24?. The maximum atomic E-state index is 12.3. The SMILES string of the molecule is CN(C)c1ccc(N=Nc2ccc(/C=C/C(=O)c3ccc([N+](=O)[O-])cc3)cc2)cc1.CN(C)c1ccc(N=Nc2ccc(/C=C/C(=O)c3cccc([N+](=O)[O-])c3)cc2)cc1.CN(C)c1ccc(N=Nc2ccc(/C=C/C(=O)c3ccccc3[N+](=O)[O-])cc2)cc1. The van der Waals surface area contributed by atoms with Gasteiger partial charge in [0.25, 0.3) is 17.1 Å². The van der Waals surface area contributed by atoms with Gasteiger partial charge in [0.1, 0.15) is 0 Å². The zero-order valence-electron chi connectivity index (χ0n) is 49.8. The predicted molar refractivity (Wildman–Crippen MR) is 354 cm³/mol. The fourth-order valence-corrected chi connectivity index (χ4v) is 7.91. The molecule has 0 aromatic heterocycles. The van der Waals surface area contributed by atoms with E-state index in [2.05, 4.69) is 30.7 Å². The summed E-state index contributed by atoms with van der Waals surface area (Å²) in [5.41, 5.74) is 10.4. The normalized spacial score (nSPS) is 11.1. The number of nitrogens with zero attached hydrogens (tertiary/aromatic N) is 12. The molecule has 21 nitrogen and oxygen atoms in total. The highest BCUT2D eigenvalue weighted by molar-refractivity contribution is 6.09. The van der Waals surface area contributed by atoms with Gasteiger partial charge in [-0.25, -0.2) is 0 Å². The summed E-state index contributed by atoms with van der Waals surface area (Å²) in [6.45, 7) is 0. The van der Waals surface area contributed by atoms with Crippen LogP contribution >= 0.6 is 0 Å². The summed E-state index contributed by atoms with van der Waals surface area (Å²) in [7, 11) is 11.9. The van der Waals surface area contributed by atoms with Gasteiger partial charge in [0.2, 0.25) is 0 Å². The van der Waals surface area contributed by atoms with Crippen LogP contribution < -0.4 is 14.7 Å². The topological polar surface area (TPSA) is 265 Å². The summed E-state index contributed by atoms with van der Waals surface area (Å²) in [4.78, 5) is 73.8. The number of non-ortho nitro benzene ring substituents is 2. The molecule has 0 aliphatic carbocycles. The van der Waals surface area contributed by atoms with Gasteiger partial charge in [-0.1, -0.05) is 78.9 Å². The minimum atomic E-state index is -0.561. The van der Waals surface area contributed by atoms with Crippen LogP contribution in [-0.4, -0.2) is 74.4 Å². The molecular formula is C69H60N12O9. The molecule has 0 aliphatic heterocycles. The average molecular weight is 1200 g/mol. The van der Waals surface area contributed by atoms with Crippen LogP contribution in [0.4, 0.5) is 68.2 Å². The number of azo groups is 3. The van der Waals surface area contributed by atoms with E-state index in [1.807, 2.05) is 166 Å². The number of carbonyl (C=O) groups is 3. The molecule has 450 valence electrons. The van der Waals surface area contributed by atoms with Gasteiger partial charge in [-0.05, 0) is 162 Å². The molecule has 0 saturated heterocycles. The maximum Gasteiger partial charge on any atom is 0.280 e. The second-order valence-corrected chi connectivity index (χ2v) is 20.1. The smallest absolute Gasteiger partial charge is 0.280 e. The Morgan fingerprint density at radius 3 is 0.989 bits per heavy atom. The van der Waals surface area contributed by atoms with Gasteiger partial charge in [-0.15, -0.1) is 0 Å². The van der Waals surface area contributed by atoms with E-state index in [4.69, 9.17) is 0 Å². The average Bonchev–Trinajstić information content (AvgIpc) is 3.69. The lowest BCUT2D eigenvalue weighted by atomic mass is 10.1. The summed E-state index contributed by atoms with van der Waals surface area (Å²) in [6, 6.07) is 62.0. The van der Waals surface area contributed by atoms with Crippen LogP contribution in [0.25, 0.3) is 18.2 Å². The molecule has 0 atom stereocenters. The Morgan fingerprint density at radius 1 is 0.333 bits per heavy atom. The van der Waals surface area contributed by atoms with E-state index < -0.39 is 20.6 Å². The van der Waals surface area contributed by atoms with Crippen molar-refractivity contribution in [2.24, 2.45) is 30.7 Å². The Labute approximate surface area is 518 Å². The van der Waals surface area contributed by atoms with Gasteiger partial charge in [0, 0.05) is 101 Å². The molecule has 9 aromatic rings. The fraction of sp³-hybridized carbons (Fsp3) is 0.0870. The van der Waals surface area contributed by atoms with Crippen molar-refractivity contribution in [3.63, 3.8) is 0 Å². The number of nitro benzene ring substituents is 3. The van der Waals surface area contributed by atoms with E-state index in [0.29, 0.717) is 22.6 Å². The molecule has 0 bridgehead atoms. The van der Waals surface area contributed by atoms with Crippen molar-refractivity contribution in [2.45, 2.75) is 0 Å². The number of nitro groups is 3. The summed E-state index contributed by atoms with van der Waals surface area (Å²) < 4.78 is 0. The van der Waals surface area contributed by atoms with E-state index >= 15 is 0 Å². The number of ketones is 3. The maximum absolute atomic E-state index is 12.3. The summed E-state index contributed by atoms with van der Waals surface area (Å²) >= 11 is 0. The molecule has 90 heavy (non-hydrogen) atoms. The van der Waals surface area contributed by atoms with Crippen molar-refractivity contribution >= 4 is 104 Å². The van der Waals surface area contributed by atoms with E-state index in [9.17, 15) is 44.7 Å². The van der Waals surface area contributed by atoms with E-state index in [1.54, 1.807) is 66.8 Å². The minimum Gasteiger partial charge on any atom is -0.378 e. The molecule has 9 aromatic carbocycles. The third-order valence-corrected chi connectivity index (χ3v) is 13.0. The van der Waals surface area contributed by atoms with Crippen molar-refractivity contribution in [3.05, 3.63) is 300 Å². The Balaban J connectivity index is 0.000000192. The quantitative estimate of drug-likeness (QED) is 0.0214. The van der Waals surface area contributed by atoms with Gasteiger partial charge in [-0.3, -0.25) is 44.7 Å². The minimum absolute atomic E-state index is 0.0473. The van der Waals surface area contributed by atoms with E-state index in [-0.39, 0.29) is 39.8 Å². The monoisotopic (exact) mass is 1200 g/mol. The van der Waals surface area contributed by atoms with E-state index in [1.165, 1.54) is 78.9 Å². The summed E-state index contributed by atoms with van der Waals surface area (Å²) in [6.07, 6.45) is 9.10. The van der Waals surface area contributed by atoms with Crippen molar-refractivity contribution in [1.29, 1.82) is 0 Å². The van der Waals surface area contributed by atoms with Crippen LogP contribution in [0.1, 0.15) is 47.8 Å². The largest absolute Gasteiger partial charge is 0.378 e. The van der Waals surface area contributed by atoms with Gasteiger partial charge in [-0.2, -0.15) is 30.7 Å². The van der Waals surface area contributed by atoms with Crippen LogP contribution in [0.2, 0.25) is 0 Å². The van der Waals surface area contributed by atoms with Crippen molar-refractivity contribution in [2.75, 3.05) is 57.0 Å². The molecule has 0 heterocycles. The zero-order valence-corrected chi connectivity index (χ0v) is 49.8. The summed E-state index contributed by atoms with van der Waals surface area (Å²) in [5, 5.41) is 57.9. The fourth-order valence-electron chi connectivity index (χ4n) is 7.91. The molecule has 9 rings (SSSR count). The number of hydrogen-bond donors (Lipinski definition) is 0. The van der Waals surface area contributed by atoms with Crippen molar-refractivity contribution < 1.29 is 29.2 Å². The van der Waals surface area contributed by atoms with Gasteiger partial charge in [0.05, 0.1) is 54.5 Å². The number of benzene rings is 9. The predicted octanol–water partition coefficient (Wildman–Crippen LogP) is 17.9. The van der Waals surface area contributed by atoms with Crippen LogP contribution in [-0.2, 0) is 0 Å². The molecule has 0 aliphatic rings. The van der Waals surface area contributed by atoms with Crippen LogP contribution in [0, 0.1) is 30.3 Å². The van der Waals surface area contributed by atoms with Gasteiger partial charge in [0.15, 0.2) is 17.3 Å². The number of rotatable bonds is 21. The lowest BCUT2D eigenvalue weighted by Gasteiger charge is -2.11. The molecule has 0 N–H and O–H groups in total. The van der Waals surface area contributed by atoms with Crippen molar-refractivity contribution in [3.8, 4) is 0 Å². The first-order chi connectivity index (χ1) is 43.3. The Morgan fingerprint density at radius 2 is 0.656 bits per heavy atom.